The molecular weight excluding hydrogens is 296 g/mol. The van der Waals surface area contributed by atoms with Crippen molar-refractivity contribution in [3.8, 4) is 6.07 Å². The smallest absolute Gasteiger partial charge is 0.180 e. The van der Waals surface area contributed by atoms with Crippen molar-refractivity contribution < 1.29 is 8.42 Å². The minimum atomic E-state index is -3.59. The van der Waals surface area contributed by atoms with Gasteiger partial charge in [0.15, 0.2) is 9.84 Å². The lowest BCUT2D eigenvalue weighted by Gasteiger charge is -2.12. The lowest BCUT2D eigenvalue weighted by Crippen LogP contribution is -2.17. The molecule has 0 N–H and O–H groups in total. The molecule has 1 heterocycles. The summed E-state index contributed by atoms with van der Waals surface area (Å²) in [6.45, 7) is 1.76. The molecule has 2 aromatic rings. The molecule has 6 heteroatoms. The molecule has 1 unspecified atom stereocenters. The molecule has 0 spiro atoms. The predicted molar refractivity (Wildman–Crippen MR) is 78.4 cm³/mol. The van der Waals surface area contributed by atoms with Crippen molar-refractivity contribution in [1.82, 2.24) is 4.98 Å². The number of alkyl halides is 1. The van der Waals surface area contributed by atoms with Crippen LogP contribution in [0.1, 0.15) is 12.5 Å². The standard InChI is InChI=1S/C14H13ClN2O2S/c1-10(6-15)9-20(18,19)14-11(7-16)8-17-13-5-3-2-4-12(13)14/h2-5,8,10H,6,9H2,1H3. The molecule has 1 aromatic carbocycles. The van der Waals surface area contributed by atoms with E-state index in [2.05, 4.69) is 4.98 Å². The minimum Gasteiger partial charge on any atom is -0.255 e. The van der Waals surface area contributed by atoms with Gasteiger partial charge in [-0.25, -0.2) is 8.42 Å². The lowest BCUT2D eigenvalue weighted by atomic mass is 10.2. The Kier molecular flexibility index (Phi) is 4.26. The summed E-state index contributed by atoms with van der Waals surface area (Å²) in [7, 11) is -3.59. The Balaban J connectivity index is 2.72. The van der Waals surface area contributed by atoms with Gasteiger partial charge in [-0.3, -0.25) is 4.98 Å². The van der Waals surface area contributed by atoms with Gasteiger partial charge in [0.2, 0.25) is 0 Å². The van der Waals surface area contributed by atoms with Gasteiger partial charge >= 0.3 is 0 Å². The summed E-state index contributed by atoms with van der Waals surface area (Å²) in [6, 6.07) is 8.81. The lowest BCUT2D eigenvalue weighted by molar-refractivity contribution is 0.583. The Morgan fingerprint density at radius 2 is 2.10 bits per heavy atom. The van der Waals surface area contributed by atoms with Crippen molar-refractivity contribution in [2.75, 3.05) is 11.6 Å². The van der Waals surface area contributed by atoms with Gasteiger partial charge < -0.3 is 0 Å². The highest BCUT2D eigenvalue weighted by atomic mass is 35.5. The van der Waals surface area contributed by atoms with E-state index in [1.165, 1.54) is 6.20 Å². The van der Waals surface area contributed by atoms with Crippen LogP contribution in [0.5, 0.6) is 0 Å². The van der Waals surface area contributed by atoms with Crippen molar-refractivity contribution in [3.05, 3.63) is 36.0 Å². The number of para-hydroxylation sites is 1. The first-order chi connectivity index (χ1) is 9.49. The summed E-state index contributed by atoms with van der Waals surface area (Å²) in [5.74, 6) is -0.0105. The van der Waals surface area contributed by atoms with Gasteiger partial charge in [-0.15, -0.1) is 11.6 Å². The zero-order valence-corrected chi connectivity index (χ0v) is 12.4. The van der Waals surface area contributed by atoms with Gasteiger partial charge in [0.1, 0.15) is 6.07 Å². The van der Waals surface area contributed by atoms with Crippen LogP contribution in [0.4, 0.5) is 0 Å². The molecular formula is C14H13ClN2O2S. The van der Waals surface area contributed by atoms with Crippen LogP contribution >= 0.6 is 11.6 Å². The highest BCUT2D eigenvalue weighted by Gasteiger charge is 2.24. The summed E-state index contributed by atoms with van der Waals surface area (Å²) < 4.78 is 25.1. The summed E-state index contributed by atoms with van der Waals surface area (Å²) >= 11 is 5.70. The zero-order valence-electron chi connectivity index (χ0n) is 10.9. The molecule has 0 aliphatic rings. The first-order valence-corrected chi connectivity index (χ1v) is 8.25. The average Bonchev–Trinajstić information content (AvgIpc) is 2.45. The fourth-order valence-corrected chi connectivity index (χ4v) is 4.25. The number of benzene rings is 1. The molecule has 2 rings (SSSR count). The van der Waals surface area contributed by atoms with Crippen molar-refractivity contribution in [1.29, 1.82) is 5.26 Å². The molecule has 0 amide bonds. The highest BCUT2D eigenvalue weighted by molar-refractivity contribution is 7.91. The molecule has 0 radical (unpaired) electrons. The molecule has 1 aromatic heterocycles. The van der Waals surface area contributed by atoms with Crippen LogP contribution in [0.2, 0.25) is 0 Å². The maximum Gasteiger partial charge on any atom is 0.180 e. The fraction of sp³-hybridized carbons (Fsp3) is 0.286. The molecule has 0 aliphatic heterocycles. The third-order valence-electron chi connectivity index (χ3n) is 2.92. The van der Waals surface area contributed by atoms with Crippen LogP contribution < -0.4 is 0 Å². The summed E-state index contributed by atoms with van der Waals surface area (Å²) in [5, 5.41) is 9.63. The van der Waals surface area contributed by atoms with Crippen molar-refractivity contribution in [2.24, 2.45) is 5.92 Å². The molecule has 0 saturated heterocycles. The molecule has 0 aliphatic carbocycles. The summed E-state index contributed by atoms with van der Waals surface area (Å²) in [6.07, 6.45) is 1.31. The average molecular weight is 309 g/mol. The largest absolute Gasteiger partial charge is 0.255 e. The van der Waals surface area contributed by atoms with E-state index >= 15 is 0 Å². The fourth-order valence-electron chi connectivity index (χ4n) is 2.03. The second kappa shape index (κ2) is 5.78. The zero-order chi connectivity index (χ0) is 14.8. The molecule has 1 atom stereocenters. The maximum atomic E-state index is 12.6. The molecule has 104 valence electrons. The van der Waals surface area contributed by atoms with E-state index in [-0.39, 0.29) is 28.0 Å². The van der Waals surface area contributed by atoms with Crippen LogP contribution in [0.25, 0.3) is 10.9 Å². The predicted octanol–water partition coefficient (Wildman–Crippen LogP) is 2.76. The topological polar surface area (TPSA) is 70.8 Å². The first kappa shape index (κ1) is 14.8. The van der Waals surface area contributed by atoms with E-state index in [1.807, 2.05) is 6.07 Å². The number of hydrogen-bond donors (Lipinski definition) is 0. The highest BCUT2D eigenvalue weighted by Crippen LogP contribution is 2.27. The monoisotopic (exact) mass is 308 g/mol. The van der Waals surface area contributed by atoms with E-state index in [0.29, 0.717) is 10.9 Å². The van der Waals surface area contributed by atoms with Crippen LogP contribution in [-0.4, -0.2) is 25.0 Å². The quantitative estimate of drug-likeness (QED) is 0.814. The first-order valence-electron chi connectivity index (χ1n) is 6.06. The van der Waals surface area contributed by atoms with E-state index < -0.39 is 9.84 Å². The van der Waals surface area contributed by atoms with Crippen molar-refractivity contribution in [3.63, 3.8) is 0 Å². The number of rotatable bonds is 4. The number of hydrogen-bond acceptors (Lipinski definition) is 4. The second-order valence-electron chi connectivity index (χ2n) is 4.67. The Hall–Kier alpha value is -1.64. The van der Waals surface area contributed by atoms with Gasteiger partial charge in [0.25, 0.3) is 0 Å². The van der Waals surface area contributed by atoms with Gasteiger partial charge in [0.05, 0.1) is 21.7 Å². The van der Waals surface area contributed by atoms with Crippen LogP contribution in [-0.2, 0) is 9.84 Å². The third kappa shape index (κ3) is 2.77. The van der Waals surface area contributed by atoms with Gasteiger partial charge in [-0.1, -0.05) is 25.1 Å². The minimum absolute atomic E-state index is 0.0579. The summed E-state index contributed by atoms with van der Waals surface area (Å²) in [4.78, 5) is 4.17. The summed E-state index contributed by atoms with van der Waals surface area (Å²) in [5.41, 5.74) is 0.633. The van der Waals surface area contributed by atoms with Gasteiger partial charge in [-0.05, 0) is 12.0 Å². The van der Waals surface area contributed by atoms with Crippen LogP contribution in [0, 0.1) is 17.2 Å². The SMILES string of the molecule is CC(CCl)CS(=O)(=O)c1c(C#N)cnc2ccccc12. The second-order valence-corrected chi connectivity index (χ2v) is 6.95. The molecule has 0 bridgehead atoms. The third-order valence-corrected chi connectivity index (χ3v) is 5.52. The van der Waals surface area contributed by atoms with E-state index in [4.69, 9.17) is 16.9 Å². The molecule has 0 fully saturated rings. The number of nitriles is 1. The van der Waals surface area contributed by atoms with Gasteiger partial charge in [-0.2, -0.15) is 5.26 Å². The van der Waals surface area contributed by atoms with Crippen LogP contribution in [0.3, 0.4) is 0 Å². The van der Waals surface area contributed by atoms with Gasteiger partial charge in [0, 0.05) is 17.5 Å². The number of pyridine rings is 1. The maximum absolute atomic E-state index is 12.6. The normalized spacial score (nSPS) is 13.1. The van der Waals surface area contributed by atoms with E-state index in [9.17, 15) is 8.42 Å². The van der Waals surface area contributed by atoms with Crippen LogP contribution in [0.15, 0.2) is 35.4 Å². The number of halogens is 1. The van der Waals surface area contributed by atoms with Crippen molar-refractivity contribution in [2.45, 2.75) is 11.8 Å². The number of fused-ring (bicyclic) bond motifs is 1. The Labute approximate surface area is 122 Å². The number of aromatic nitrogens is 1. The Morgan fingerprint density at radius 1 is 1.40 bits per heavy atom. The Morgan fingerprint density at radius 3 is 2.75 bits per heavy atom. The molecule has 20 heavy (non-hydrogen) atoms. The molecule has 4 nitrogen and oxygen atoms in total. The van der Waals surface area contributed by atoms with Crippen molar-refractivity contribution >= 4 is 32.3 Å². The Bertz CT molecular complexity index is 781. The number of nitrogens with zero attached hydrogens (tertiary/aromatic N) is 2. The molecule has 0 saturated carbocycles. The number of sulfone groups is 1. The van der Waals surface area contributed by atoms with E-state index in [0.717, 1.165) is 0 Å². The van der Waals surface area contributed by atoms with E-state index in [1.54, 1.807) is 31.2 Å².